The molecule has 1 N–H and O–H groups in total. The molecule has 1 aliphatic rings. The van der Waals surface area contributed by atoms with Crippen molar-refractivity contribution in [3.8, 4) is 0 Å². The number of nitro groups is 1. The van der Waals surface area contributed by atoms with E-state index in [-0.39, 0.29) is 17.5 Å². The van der Waals surface area contributed by atoms with Gasteiger partial charge in [-0.1, -0.05) is 11.6 Å². The summed E-state index contributed by atoms with van der Waals surface area (Å²) in [6.45, 7) is 1.74. The maximum atomic E-state index is 12.3. The van der Waals surface area contributed by atoms with Gasteiger partial charge in [0.1, 0.15) is 5.76 Å². The Bertz CT molecular complexity index is 755. The highest BCUT2D eigenvalue weighted by molar-refractivity contribution is 6.33. The van der Waals surface area contributed by atoms with Crippen molar-refractivity contribution in [3.05, 3.63) is 57.5 Å². The highest BCUT2D eigenvalue weighted by Gasteiger charge is 2.26. The Morgan fingerprint density at radius 3 is 2.72 bits per heavy atom. The van der Waals surface area contributed by atoms with Crippen molar-refractivity contribution < 1.29 is 14.1 Å². The number of benzene rings is 1. The van der Waals surface area contributed by atoms with Gasteiger partial charge in [-0.2, -0.15) is 0 Å². The Balaban J connectivity index is 1.54. The topological polar surface area (TPSA) is 88.6 Å². The van der Waals surface area contributed by atoms with Crippen LogP contribution in [0.25, 0.3) is 0 Å². The van der Waals surface area contributed by atoms with Crippen molar-refractivity contribution in [3.63, 3.8) is 0 Å². The molecular formula is C17H18ClN3O4. The molecule has 2 aromatic rings. The van der Waals surface area contributed by atoms with E-state index >= 15 is 0 Å². The predicted molar refractivity (Wildman–Crippen MR) is 93.6 cm³/mol. The van der Waals surface area contributed by atoms with E-state index in [4.69, 9.17) is 16.0 Å². The number of hydrogen-bond donors (Lipinski definition) is 1. The summed E-state index contributed by atoms with van der Waals surface area (Å²) in [6.07, 6.45) is 2.99. The number of nitro benzene ring substituents is 1. The number of nitrogens with zero attached hydrogens (tertiary/aromatic N) is 2. The molecule has 2 heterocycles. The highest BCUT2D eigenvalue weighted by atomic mass is 35.5. The third-order valence-corrected chi connectivity index (χ3v) is 4.67. The maximum absolute atomic E-state index is 12.3. The highest BCUT2D eigenvalue weighted by Crippen LogP contribution is 2.32. The van der Waals surface area contributed by atoms with Gasteiger partial charge in [0.15, 0.2) is 0 Å². The zero-order chi connectivity index (χ0) is 17.8. The van der Waals surface area contributed by atoms with Gasteiger partial charge in [-0.3, -0.25) is 14.9 Å². The minimum absolute atomic E-state index is 0.0193. The number of furan rings is 1. The summed E-state index contributed by atoms with van der Waals surface area (Å²) in [4.78, 5) is 24.6. The first-order valence-corrected chi connectivity index (χ1v) is 8.41. The lowest BCUT2D eigenvalue weighted by Gasteiger charge is -2.33. The van der Waals surface area contributed by atoms with Crippen molar-refractivity contribution in [1.82, 2.24) is 5.32 Å². The zero-order valence-corrected chi connectivity index (χ0v) is 14.2. The van der Waals surface area contributed by atoms with Crippen LogP contribution in [-0.4, -0.2) is 23.9 Å². The molecule has 7 nitrogen and oxygen atoms in total. The Kier molecular flexibility index (Phi) is 5.23. The fourth-order valence-electron chi connectivity index (χ4n) is 2.98. The standard InChI is InChI=1S/C17H18ClN3O4/c18-15-10-13(21(23)24)3-4-16(15)20-7-5-12(6-8-20)17(22)19-11-14-2-1-9-25-14/h1-4,9-10,12H,5-8,11H2,(H,19,22). The second kappa shape index (κ2) is 7.57. The number of rotatable bonds is 5. The molecule has 1 fully saturated rings. The van der Waals surface area contributed by atoms with Gasteiger partial charge in [-0.25, -0.2) is 0 Å². The summed E-state index contributed by atoms with van der Waals surface area (Å²) in [5.74, 6) is 0.692. The molecule has 0 aliphatic carbocycles. The average molecular weight is 364 g/mol. The molecule has 0 atom stereocenters. The molecule has 25 heavy (non-hydrogen) atoms. The molecule has 1 aromatic heterocycles. The minimum Gasteiger partial charge on any atom is -0.467 e. The van der Waals surface area contributed by atoms with Crippen molar-refractivity contribution >= 4 is 28.9 Å². The molecule has 0 bridgehead atoms. The van der Waals surface area contributed by atoms with E-state index in [2.05, 4.69) is 10.2 Å². The van der Waals surface area contributed by atoms with Crippen LogP contribution in [0.3, 0.4) is 0 Å². The van der Waals surface area contributed by atoms with E-state index in [0.29, 0.717) is 37.5 Å². The van der Waals surface area contributed by atoms with Crippen LogP contribution in [-0.2, 0) is 11.3 Å². The quantitative estimate of drug-likeness (QED) is 0.649. The Labute approximate surface area is 149 Å². The second-order valence-electron chi connectivity index (χ2n) is 5.95. The van der Waals surface area contributed by atoms with Gasteiger partial charge >= 0.3 is 0 Å². The number of halogens is 1. The Morgan fingerprint density at radius 1 is 1.36 bits per heavy atom. The van der Waals surface area contributed by atoms with Crippen LogP contribution in [0, 0.1) is 16.0 Å². The summed E-state index contributed by atoms with van der Waals surface area (Å²) in [5.41, 5.74) is 0.739. The molecule has 0 radical (unpaired) electrons. The summed E-state index contributed by atoms with van der Waals surface area (Å²) in [6, 6.07) is 8.08. The first kappa shape index (κ1) is 17.3. The molecule has 1 aromatic carbocycles. The fraction of sp³-hybridized carbons (Fsp3) is 0.353. The van der Waals surface area contributed by atoms with Crippen molar-refractivity contribution in [2.24, 2.45) is 5.92 Å². The summed E-state index contributed by atoms with van der Waals surface area (Å²) in [7, 11) is 0. The lowest BCUT2D eigenvalue weighted by molar-refractivity contribution is -0.384. The monoisotopic (exact) mass is 363 g/mol. The Hall–Kier alpha value is -2.54. The van der Waals surface area contributed by atoms with Crippen molar-refractivity contribution in [1.29, 1.82) is 0 Å². The van der Waals surface area contributed by atoms with Gasteiger partial charge in [-0.05, 0) is 31.0 Å². The number of carbonyl (C=O) groups excluding carboxylic acids is 1. The lowest BCUT2D eigenvalue weighted by Crippen LogP contribution is -2.40. The van der Waals surface area contributed by atoms with Gasteiger partial charge in [0.05, 0.1) is 28.4 Å². The fourth-order valence-corrected chi connectivity index (χ4v) is 3.27. The van der Waals surface area contributed by atoms with Crippen molar-refractivity contribution in [2.45, 2.75) is 19.4 Å². The number of non-ortho nitro benzene ring substituents is 1. The van der Waals surface area contributed by atoms with Gasteiger partial charge in [-0.15, -0.1) is 0 Å². The summed E-state index contributed by atoms with van der Waals surface area (Å²) >= 11 is 6.18. The van der Waals surface area contributed by atoms with Crippen LogP contribution in [0.5, 0.6) is 0 Å². The largest absolute Gasteiger partial charge is 0.467 e. The number of piperidine rings is 1. The van der Waals surface area contributed by atoms with Gasteiger partial charge in [0.25, 0.3) is 5.69 Å². The smallest absolute Gasteiger partial charge is 0.271 e. The minimum atomic E-state index is -0.467. The van der Waals surface area contributed by atoms with Gasteiger partial charge in [0.2, 0.25) is 5.91 Å². The molecule has 132 valence electrons. The van der Waals surface area contributed by atoms with Crippen LogP contribution in [0.1, 0.15) is 18.6 Å². The van der Waals surface area contributed by atoms with Crippen molar-refractivity contribution in [2.75, 3.05) is 18.0 Å². The normalized spacial score (nSPS) is 15.2. The average Bonchev–Trinajstić information content (AvgIpc) is 3.13. The summed E-state index contributed by atoms with van der Waals surface area (Å²) < 4.78 is 5.20. The SMILES string of the molecule is O=C(NCc1ccco1)C1CCN(c2ccc([N+](=O)[O-])cc2Cl)CC1. The molecule has 0 unspecified atom stereocenters. The summed E-state index contributed by atoms with van der Waals surface area (Å²) in [5, 5.41) is 14.0. The lowest BCUT2D eigenvalue weighted by atomic mass is 9.95. The molecular weight excluding hydrogens is 346 g/mol. The predicted octanol–water partition coefficient (Wildman–Crippen LogP) is 3.37. The third kappa shape index (κ3) is 4.11. The number of carbonyl (C=O) groups is 1. The number of anilines is 1. The van der Waals surface area contributed by atoms with Gasteiger partial charge < -0.3 is 14.6 Å². The van der Waals surface area contributed by atoms with E-state index in [1.165, 1.54) is 12.1 Å². The third-order valence-electron chi connectivity index (χ3n) is 4.37. The molecule has 8 heteroatoms. The molecule has 1 saturated heterocycles. The first-order chi connectivity index (χ1) is 12.0. The zero-order valence-electron chi connectivity index (χ0n) is 13.5. The Morgan fingerprint density at radius 2 is 2.12 bits per heavy atom. The first-order valence-electron chi connectivity index (χ1n) is 8.03. The molecule has 1 aliphatic heterocycles. The second-order valence-corrected chi connectivity index (χ2v) is 6.36. The number of amides is 1. The molecule has 3 rings (SSSR count). The molecule has 0 saturated carbocycles. The maximum Gasteiger partial charge on any atom is 0.271 e. The van der Waals surface area contributed by atoms with Crippen LogP contribution in [0.4, 0.5) is 11.4 Å². The van der Waals surface area contributed by atoms with E-state index < -0.39 is 4.92 Å². The number of nitrogens with one attached hydrogen (secondary N) is 1. The van der Waals surface area contributed by atoms with Crippen LogP contribution >= 0.6 is 11.6 Å². The van der Waals surface area contributed by atoms with Crippen LogP contribution < -0.4 is 10.2 Å². The molecule has 1 amide bonds. The van der Waals surface area contributed by atoms with E-state index in [0.717, 1.165) is 11.4 Å². The van der Waals surface area contributed by atoms with E-state index in [9.17, 15) is 14.9 Å². The van der Waals surface area contributed by atoms with Crippen LogP contribution in [0.15, 0.2) is 41.0 Å². The van der Waals surface area contributed by atoms with Gasteiger partial charge in [0, 0.05) is 31.1 Å². The van der Waals surface area contributed by atoms with Crippen LogP contribution in [0.2, 0.25) is 5.02 Å². The van der Waals surface area contributed by atoms with E-state index in [1.807, 2.05) is 6.07 Å². The number of hydrogen-bond acceptors (Lipinski definition) is 5. The molecule has 0 spiro atoms. The van der Waals surface area contributed by atoms with E-state index in [1.54, 1.807) is 18.4 Å².